The van der Waals surface area contributed by atoms with Gasteiger partial charge in [-0.2, -0.15) is 0 Å². The number of carbonyl (C=O) groups excluding carboxylic acids is 1. The third-order valence-electron chi connectivity index (χ3n) is 4.15. The molecule has 24 heavy (non-hydrogen) atoms. The number of piperazine rings is 1. The van der Waals surface area contributed by atoms with Gasteiger partial charge in [-0.3, -0.25) is 13.5 Å². The van der Waals surface area contributed by atoms with Crippen LogP contribution in [0, 0.1) is 0 Å². The number of hydrogen-bond donors (Lipinski definition) is 0. The Morgan fingerprint density at radius 2 is 1.96 bits per heavy atom. The Hall–Kier alpha value is -2.19. The quantitative estimate of drug-likeness (QED) is 0.715. The summed E-state index contributed by atoms with van der Waals surface area (Å²) >= 11 is 2.97. The van der Waals surface area contributed by atoms with Gasteiger partial charge in [0.05, 0.1) is 10.1 Å². The maximum Gasteiger partial charge on any atom is 0.268 e. The van der Waals surface area contributed by atoms with Crippen molar-refractivity contribution in [3.8, 4) is 0 Å². The molecule has 3 aromatic rings. The fourth-order valence-corrected chi connectivity index (χ4v) is 4.55. The Balaban J connectivity index is 1.43. The van der Waals surface area contributed by atoms with Crippen LogP contribution >= 0.6 is 22.9 Å². The zero-order valence-electron chi connectivity index (χ0n) is 12.9. The monoisotopic (exact) mass is 360 g/mol. The maximum absolute atomic E-state index is 12.5. The fourth-order valence-electron chi connectivity index (χ4n) is 2.86. The van der Waals surface area contributed by atoms with E-state index in [-0.39, 0.29) is 18.0 Å². The molecule has 1 fully saturated rings. The third kappa shape index (κ3) is 2.83. The second-order valence-electron chi connectivity index (χ2n) is 5.61. The van der Waals surface area contributed by atoms with Gasteiger partial charge in [0.2, 0.25) is 5.91 Å². The highest BCUT2D eigenvalue weighted by atomic mass is 32.1. The molecular weight excluding hydrogens is 344 g/mol. The normalized spacial score (nSPS) is 15.2. The zero-order valence-corrected chi connectivity index (χ0v) is 14.6. The highest BCUT2D eigenvalue weighted by Gasteiger charge is 2.23. The molecule has 1 aliphatic heterocycles. The summed E-state index contributed by atoms with van der Waals surface area (Å²) in [5, 5.41) is 3.65. The van der Waals surface area contributed by atoms with Crippen LogP contribution in [0.1, 0.15) is 0 Å². The molecule has 124 valence electrons. The molecule has 1 aliphatic rings. The van der Waals surface area contributed by atoms with Gasteiger partial charge in [0.25, 0.3) is 5.56 Å². The Kier molecular flexibility index (Phi) is 4.07. The summed E-state index contributed by atoms with van der Waals surface area (Å²) in [6.45, 7) is 3.01. The first-order valence-electron chi connectivity index (χ1n) is 7.73. The van der Waals surface area contributed by atoms with Crippen LogP contribution in [0.5, 0.6) is 0 Å². The van der Waals surface area contributed by atoms with Gasteiger partial charge in [0.1, 0.15) is 6.54 Å². The summed E-state index contributed by atoms with van der Waals surface area (Å²) in [6.07, 6.45) is 1.80. The number of amides is 1. The van der Waals surface area contributed by atoms with E-state index in [2.05, 4.69) is 9.88 Å². The summed E-state index contributed by atoms with van der Waals surface area (Å²) < 4.78 is 2.48. The van der Waals surface area contributed by atoms with Crippen molar-refractivity contribution in [3.63, 3.8) is 0 Å². The van der Waals surface area contributed by atoms with Crippen LogP contribution in [0.25, 0.3) is 10.1 Å². The lowest BCUT2D eigenvalue weighted by atomic mass is 10.3. The maximum atomic E-state index is 12.5. The Morgan fingerprint density at radius 1 is 1.17 bits per heavy atom. The van der Waals surface area contributed by atoms with Gasteiger partial charge < -0.3 is 9.80 Å². The van der Waals surface area contributed by atoms with Gasteiger partial charge in [0.15, 0.2) is 5.13 Å². The van der Waals surface area contributed by atoms with Crippen molar-refractivity contribution >= 4 is 44.0 Å². The van der Waals surface area contributed by atoms with Crippen LogP contribution in [0.2, 0.25) is 0 Å². The molecule has 1 saturated heterocycles. The van der Waals surface area contributed by atoms with Crippen molar-refractivity contribution in [2.24, 2.45) is 0 Å². The summed E-state index contributed by atoms with van der Waals surface area (Å²) in [5.74, 6) is 0.00226. The standard InChI is InChI=1S/C16H16N4O2S2/c21-14(11-20-15(22)12-3-1-2-4-13(12)24-20)18-6-8-19(9-7-18)16-17-5-10-23-16/h1-5,10H,6-9,11H2. The number of rotatable bonds is 3. The van der Waals surface area contributed by atoms with E-state index in [0.717, 1.165) is 22.9 Å². The molecule has 0 spiro atoms. The molecule has 2 aromatic heterocycles. The number of thiazole rings is 1. The second-order valence-corrected chi connectivity index (χ2v) is 7.55. The summed E-state index contributed by atoms with van der Waals surface area (Å²) in [7, 11) is 0. The largest absolute Gasteiger partial charge is 0.345 e. The van der Waals surface area contributed by atoms with Crippen molar-refractivity contribution in [1.29, 1.82) is 0 Å². The first kappa shape index (κ1) is 15.3. The van der Waals surface area contributed by atoms with Gasteiger partial charge in [-0.25, -0.2) is 4.98 Å². The highest BCUT2D eigenvalue weighted by molar-refractivity contribution is 7.14. The predicted octanol–water partition coefficient (Wildman–Crippen LogP) is 1.87. The number of fused-ring (bicyclic) bond motifs is 1. The lowest BCUT2D eigenvalue weighted by molar-refractivity contribution is -0.132. The molecule has 3 heterocycles. The molecular formula is C16H16N4O2S2. The van der Waals surface area contributed by atoms with Crippen LogP contribution in [0.3, 0.4) is 0 Å². The van der Waals surface area contributed by atoms with Crippen molar-refractivity contribution in [3.05, 3.63) is 46.2 Å². The molecule has 6 nitrogen and oxygen atoms in total. The van der Waals surface area contributed by atoms with Gasteiger partial charge in [-0.1, -0.05) is 23.7 Å². The number of carbonyl (C=O) groups is 1. The van der Waals surface area contributed by atoms with Gasteiger partial charge >= 0.3 is 0 Å². The zero-order chi connectivity index (χ0) is 16.5. The molecule has 8 heteroatoms. The smallest absolute Gasteiger partial charge is 0.268 e. The number of aromatic nitrogens is 2. The Morgan fingerprint density at radius 3 is 2.67 bits per heavy atom. The Bertz CT molecular complexity index is 908. The highest BCUT2D eigenvalue weighted by Crippen LogP contribution is 2.19. The lowest BCUT2D eigenvalue weighted by Crippen LogP contribution is -2.49. The molecule has 0 saturated carbocycles. The van der Waals surface area contributed by atoms with Crippen molar-refractivity contribution in [2.75, 3.05) is 31.1 Å². The van der Waals surface area contributed by atoms with Crippen molar-refractivity contribution in [1.82, 2.24) is 13.8 Å². The first-order chi connectivity index (χ1) is 11.7. The van der Waals surface area contributed by atoms with Crippen LogP contribution in [-0.4, -0.2) is 45.9 Å². The molecule has 0 unspecified atom stereocenters. The van der Waals surface area contributed by atoms with Crippen LogP contribution in [-0.2, 0) is 11.3 Å². The summed E-state index contributed by atoms with van der Waals surface area (Å²) in [6, 6.07) is 7.47. The van der Waals surface area contributed by atoms with E-state index in [1.54, 1.807) is 21.5 Å². The minimum absolute atomic E-state index is 0.00226. The van der Waals surface area contributed by atoms with E-state index >= 15 is 0 Å². The van der Waals surface area contributed by atoms with E-state index in [1.165, 1.54) is 11.5 Å². The molecule has 0 aliphatic carbocycles. The van der Waals surface area contributed by atoms with Crippen LogP contribution in [0.15, 0.2) is 40.6 Å². The number of hydrogen-bond acceptors (Lipinski definition) is 6. The molecule has 0 atom stereocenters. The number of benzene rings is 1. The average Bonchev–Trinajstić information content (AvgIpc) is 3.25. The summed E-state index contributed by atoms with van der Waals surface area (Å²) in [4.78, 5) is 33.2. The van der Waals surface area contributed by atoms with Gasteiger partial charge in [0, 0.05) is 37.8 Å². The summed E-state index contributed by atoms with van der Waals surface area (Å²) in [5.41, 5.74) is -0.0784. The molecule has 1 amide bonds. The van der Waals surface area contributed by atoms with Gasteiger partial charge in [-0.15, -0.1) is 11.3 Å². The minimum Gasteiger partial charge on any atom is -0.345 e. The fraction of sp³-hybridized carbons (Fsp3) is 0.312. The topological polar surface area (TPSA) is 58.4 Å². The number of anilines is 1. The van der Waals surface area contributed by atoms with Crippen molar-refractivity contribution in [2.45, 2.75) is 6.54 Å². The molecule has 1 aromatic carbocycles. The minimum atomic E-state index is -0.0784. The molecule has 0 radical (unpaired) electrons. The van der Waals surface area contributed by atoms with Gasteiger partial charge in [-0.05, 0) is 12.1 Å². The van der Waals surface area contributed by atoms with Crippen molar-refractivity contribution < 1.29 is 4.79 Å². The van der Waals surface area contributed by atoms with E-state index in [9.17, 15) is 9.59 Å². The van der Waals surface area contributed by atoms with E-state index in [0.29, 0.717) is 18.5 Å². The SMILES string of the molecule is O=C(Cn1sc2ccccc2c1=O)N1CCN(c2nccs2)CC1. The van der Waals surface area contributed by atoms with Crippen LogP contribution < -0.4 is 10.5 Å². The molecule has 0 N–H and O–H groups in total. The Labute approximate surface area is 146 Å². The average molecular weight is 360 g/mol. The van der Waals surface area contributed by atoms with E-state index in [1.807, 2.05) is 34.5 Å². The van der Waals surface area contributed by atoms with Crippen LogP contribution in [0.4, 0.5) is 5.13 Å². The lowest BCUT2D eigenvalue weighted by Gasteiger charge is -2.34. The third-order valence-corrected chi connectivity index (χ3v) is 6.05. The predicted molar refractivity (Wildman–Crippen MR) is 97.0 cm³/mol. The first-order valence-corrected chi connectivity index (χ1v) is 9.39. The second kappa shape index (κ2) is 6.37. The van der Waals surface area contributed by atoms with E-state index in [4.69, 9.17) is 0 Å². The van der Waals surface area contributed by atoms with E-state index < -0.39 is 0 Å². The molecule has 0 bridgehead atoms. The molecule has 4 rings (SSSR count). The number of nitrogens with zero attached hydrogens (tertiary/aromatic N) is 4.